The lowest BCUT2D eigenvalue weighted by molar-refractivity contribution is 0.174. The first kappa shape index (κ1) is 15.3. The monoisotopic (exact) mass is 387 g/mol. The fourth-order valence-corrected chi connectivity index (χ4v) is 3.41. The van der Waals surface area contributed by atoms with Gasteiger partial charge < -0.3 is 9.47 Å². The number of rotatable bonds is 4. The zero-order valence-corrected chi connectivity index (χ0v) is 13.6. The van der Waals surface area contributed by atoms with Crippen molar-refractivity contribution in [1.29, 1.82) is 0 Å². The fourth-order valence-electron chi connectivity index (χ4n) is 2.00. The van der Waals surface area contributed by atoms with Gasteiger partial charge in [0.15, 0.2) is 11.5 Å². The summed E-state index contributed by atoms with van der Waals surface area (Å²) in [6.45, 7) is 0.170. The molecule has 0 aromatic heterocycles. The van der Waals surface area contributed by atoms with Crippen molar-refractivity contribution < 1.29 is 22.3 Å². The van der Waals surface area contributed by atoms with E-state index < -0.39 is 20.7 Å². The normalized spacial score (nSPS) is 13.4. The Hall–Kier alpha value is -1.64. The number of ether oxygens (including phenoxy) is 2. The van der Waals surface area contributed by atoms with Gasteiger partial charge in [0.2, 0.25) is 16.8 Å². The first-order valence-electron chi connectivity index (χ1n) is 6.29. The molecule has 1 aliphatic heterocycles. The highest BCUT2D eigenvalue weighted by atomic mass is 79.9. The molecular weight excluding hydrogens is 377 g/mol. The molecule has 0 saturated heterocycles. The first-order chi connectivity index (χ1) is 10.5. The van der Waals surface area contributed by atoms with Gasteiger partial charge in [0.05, 0.1) is 0 Å². The van der Waals surface area contributed by atoms with Gasteiger partial charge in [-0.3, -0.25) is 0 Å². The van der Waals surface area contributed by atoms with Crippen molar-refractivity contribution >= 4 is 26.0 Å². The molecule has 22 heavy (non-hydrogen) atoms. The van der Waals surface area contributed by atoms with E-state index in [0.29, 0.717) is 21.5 Å². The number of benzene rings is 2. The average molecular weight is 388 g/mol. The zero-order valence-electron chi connectivity index (χ0n) is 11.2. The van der Waals surface area contributed by atoms with Crippen LogP contribution in [0.3, 0.4) is 0 Å². The van der Waals surface area contributed by atoms with Gasteiger partial charge in [-0.1, -0.05) is 22.0 Å². The number of hydrogen-bond acceptors (Lipinski definition) is 4. The Balaban J connectivity index is 1.77. The van der Waals surface area contributed by atoms with E-state index in [1.165, 1.54) is 12.1 Å². The Morgan fingerprint density at radius 3 is 2.68 bits per heavy atom. The molecule has 0 amide bonds. The van der Waals surface area contributed by atoms with E-state index in [9.17, 15) is 12.8 Å². The molecule has 8 heteroatoms. The Morgan fingerprint density at radius 1 is 1.14 bits per heavy atom. The SMILES string of the molecule is O=S(=O)(NCc1ccc2c(c1)OCO2)c1ccc(Br)cc1F. The predicted octanol–water partition coefficient (Wildman–Crippen LogP) is 2.80. The van der Waals surface area contributed by atoms with E-state index in [1.807, 2.05) is 0 Å². The standard InChI is InChI=1S/C14H11BrFNO4S/c15-10-2-4-14(11(16)6-10)22(18,19)17-7-9-1-3-12-13(5-9)21-8-20-12/h1-6,17H,7-8H2. The zero-order chi connectivity index (χ0) is 15.7. The van der Waals surface area contributed by atoms with Gasteiger partial charge in [-0.15, -0.1) is 0 Å². The quantitative estimate of drug-likeness (QED) is 0.875. The molecule has 0 saturated carbocycles. The molecule has 0 radical (unpaired) electrons. The lowest BCUT2D eigenvalue weighted by Crippen LogP contribution is -2.24. The average Bonchev–Trinajstić information content (AvgIpc) is 2.92. The van der Waals surface area contributed by atoms with Gasteiger partial charge in [-0.2, -0.15) is 0 Å². The predicted molar refractivity (Wildman–Crippen MR) is 80.7 cm³/mol. The summed E-state index contributed by atoms with van der Waals surface area (Å²) in [7, 11) is -3.94. The summed E-state index contributed by atoms with van der Waals surface area (Å²) in [5.74, 6) is 0.365. The largest absolute Gasteiger partial charge is 0.454 e. The topological polar surface area (TPSA) is 64.6 Å². The van der Waals surface area contributed by atoms with Crippen LogP contribution in [0.1, 0.15) is 5.56 Å². The van der Waals surface area contributed by atoms with Gasteiger partial charge in [0.25, 0.3) is 0 Å². The molecule has 0 fully saturated rings. The summed E-state index contributed by atoms with van der Waals surface area (Å²) in [6, 6.07) is 8.89. The van der Waals surface area contributed by atoms with E-state index in [-0.39, 0.29) is 13.3 Å². The van der Waals surface area contributed by atoms with Gasteiger partial charge in [0, 0.05) is 11.0 Å². The Kier molecular flexibility index (Phi) is 4.07. The third-order valence-corrected chi connectivity index (χ3v) is 5.01. The maximum atomic E-state index is 13.8. The number of hydrogen-bond donors (Lipinski definition) is 1. The lowest BCUT2D eigenvalue weighted by atomic mass is 10.2. The molecule has 1 aliphatic rings. The van der Waals surface area contributed by atoms with Crippen molar-refractivity contribution in [2.75, 3.05) is 6.79 Å². The van der Waals surface area contributed by atoms with Crippen LogP contribution in [0.4, 0.5) is 4.39 Å². The second kappa shape index (κ2) is 5.86. The van der Waals surface area contributed by atoms with Crippen LogP contribution in [0.25, 0.3) is 0 Å². The van der Waals surface area contributed by atoms with Crippen LogP contribution in [0.15, 0.2) is 45.8 Å². The second-order valence-electron chi connectivity index (χ2n) is 4.59. The van der Waals surface area contributed by atoms with E-state index in [4.69, 9.17) is 9.47 Å². The van der Waals surface area contributed by atoms with Crippen LogP contribution in [-0.4, -0.2) is 15.2 Å². The third kappa shape index (κ3) is 3.08. The number of sulfonamides is 1. The fraction of sp³-hybridized carbons (Fsp3) is 0.143. The van der Waals surface area contributed by atoms with Crippen LogP contribution >= 0.6 is 15.9 Å². The van der Waals surface area contributed by atoms with Crippen LogP contribution in [0.2, 0.25) is 0 Å². The van der Waals surface area contributed by atoms with Crippen LogP contribution < -0.4 is 14.2 Å². The summed E-state index contributed by atoms with van der Waals surface area (Å²) in [4.78, 5) is -0.392. The summed E-state index contributed by atoms with van der Waals surface area (Å²) >= 11 is 3.09. The molecule has 116 valence electrons. The molecule has 0 atom stereocenters. The number of fused-ring (bicyclic) bond motifs is 1. The minimum absolute atomic E-state index is 0.0223. The molecule has 1 heterocycles. The van der Waals surface area contributed by atoms with E-state index >= 15 is 0 Å². The van der Waals surface area contributed by atoms with Crippen molar-refractivity contribution in [2.45, 2.75) is 11.4 Å². The van der Waals surface area contributed by atoms with Crippen LogP contribution in [-0.2, 0) is 16.6 Å². The number of halogens is 2. The molecule has 0 spiro atoms. The maximum Gasteiger partial charge on any atom is 0.243 e. The first-order valence-corrected chi connectivity index (χ1v) is 8.56. The minimum Gasteiger partial charge on any atom is -0.454 e. The van der Waals surface area contributed by atoms with Crippen molar-refractivity contribution in [3.8, 4) is 11.5 Å². The molecular formula is C14H11BrFNO4S. The third-order valence-electron chi connectivity index (χ3n) is 3.09. The Morgan fingerprint density at radius 2 is 1.91 bits per heavy atom. The van der Waals surface area contributed by atoms with Gasteiger partial charge >= 0.3 is 0 Å². The highest BCUT2D eigenvalue weighted by Crippen LogP contribution is 2.32. The molecule has 0 bridgehead atoms. The van der Waals surface area contributed by atoms with Gasteiger partial charge in [-0.05, 0) is 35.9 Å². The van der Waals surface area contributed by atoms with E-state index in [0.717, 1.165) is 6.07 Å². The second-order valence-corrected chi connectivity index (χ2v) is 7.24. The van der Waals surface area contributed by atoms with Crippen molar-refractivity contribution in [3.63, 3.8) is 0 Å². The lowest BCUT2D eigenvalue weighted by Gasteiger charge is -2.08. The molecule has 0 unspecified atom stereocenters. The van der Waals surface area contributed by atoms with E-state index in [2.05, 4.69) is 20.7 Å². The molecule has 5 nitrogen and oxygen atoms in total. The van der Waals surface area contributed by atoms with Crippen molar-refractivity contribution in [2.24, 2.45) is 0 Å². The molecule has 1 N–H and O–H groups in total. The molecule has 0 aliphatic carbocycles. The van der Waals surface area contributed by atoms with E-state index in [1.54, 1.807) is 18.2 Å². The Labute approximate surface area is 135 Å². The molecule has 2 aromatic rings. The minimum atomic E-state index is -3.94. The van der Waals surface area contributed by atoms with Crippen LogP contribution in [0, 0.1) is 5.82 Å². The summed E-state index contributed by atoms with van der Waals surface area (Å²) in [6.07, 6.45) is 0. The summed E-state index contributed by atoms with van der Waals surface area (Å²) in [5, 5.41) is 0. The highest BCUT2D eigenvalue weighted by Gasteiger charge is 2.19. The highest BCUT2D eigenvalue weighted by molar-refractivity contribution is 9.10. The maximum absolute atomic E-state index is 13.8. The van der Waals surface area contributed by atoms with Crippen LogP contribution in [0.5, 0.6) is 11.5 Å². The van der Waals surface area contributed by atoms with Crippen molar-refractivity contribution in [1.82, 2.24) is 4.72 Å². The van der Waals surface area contributed by atoms with Crippen molar-refractivity contribution in [3.05, 3.63) is 52.3 Å². The van der Waals surface area contributed by atoms with Gasteiger partial charge in [0.1, 0.15) is 10.7 Å². The number of nitrogens with one attached hydrogen (secondary N) is 1. The molecule has 2 aromatic carbocycles. The summed E-state index contributed by atoms with van der Waals surface area (Å²) in [5.41, 5.74) is 0.686. The Bertz CT molecular complexity index is 826. The smallest absolute Gasteiger partial charge is 0.243 e. The van der Waals surface area contributed by atoms with Gasteiger partial charge in [-0.25, -0.2) is 17.5 Å². The summed E-state index contributed by atoms with van der Waals surface area (Å²) < 4.78 is 51.3. The molecule has 3 rings (SSSR count).